The molecule has 0 bridgehead atoms. The van der Waals surface area contributed by atoms with Crippen molar-refractivity contribution in [3.63, 3.8) is 0 Å². The maximum absolute atomic E-state index is 6.14. The predicted molar refractivity (Wildman–Crippen MR) is 76.6 cm³/mol. The van der Waals surface area contributed by atoms with Gasteiger partial charge in [-0.05, 0) is 18.7 Å². The molecule has 0 aliphatic rings. The minimum atomic E-state index is 0.513. The third kappa shape index (κ3) is 3.53. The van der Waals surface area contributed by atoms with Crippen molar-refractivity contribution in [2.75, 3.05) is 7.05 Å². The van der Waals surface area contributed by atoms with Crippen molar-refractivity contribution in [2.24, 2.45) is 5.73 Å². The lowest BCUT2D eigenvalue weighted by molar-refractivity contribution is 0.315. The number of nitrogens with zero attached hydrogens (tertiary/aromatic N) is 2. The summed E-state index contributed by atoms with van der Waals surface area (Å²) < 4.78 is 0. The zero-order chi connectivity index (χ0) is 13.0. The van der Waals surface area contributed by atoms with Crippen LogP contribution in [-0.4, -0.2) is 16.9 Å². The predicted octanol–water partition coefficient (Wildman–Crippen LogP) is 2.89. The van der Waals surface area contributed by atoms with Gasteiger partial charge in [0.05, 0.1) is 5.69 Å². The smallest absolute Gasteiger partial charge is 0.106 e. The van der Waals surface area contributed by atoms with Gasteiger partial charge in [0.25, 0.3) is 0 Å². The maximum atomic E-state index is 6.14. The summed E-state index contributed by atoms with van der Waals surface area (Å²) in [6.07, 6.45) is 0. The number of hydrogen-bond acceptors (Lipinski definition) is 4. The van der Waals surface area contributed by atoms with Crippen molar-refractivity contribution >= 4 is 22.9 Å². The molecule has 1 aromatic carbocycles. The first-order valence-corrected chi connectivity index (χ1v) is 7.00. The largest absolute Gasteiger partial charge is 0.325 e. The number of aromatic nitrogens is 1. The summed E-state index contributed by atoms with van der Waals surface area (Å²) in [6.45, 7) is 2.13. The molecule has 0 aliphatic carbocycles. The van der Waals surface area contributed by atoms with Gasteiger partial charge < -0.3 is 5.73 Å². The minimum Gasteiger partial charge on any atom is -0.325 e. The zero-order valence-electron chi connectivity index (χ0n) is 10.3. The normalized spacial score (nSPS) is 11.1. The molecule has 2 aromatic rings. The van der Waals surface area contributed by atoms with E-state index in [2.05, 4.69) is 22.3 Å². The fourth-order valence-corrected chi connectivity index (χ4v) is 2.63. The Kier molecular flexibility index (Phi) is 4.72. The van der Waals surface area contributed by atoms with Gasteiger partial charge in [0.2, 0.25) is 0 Å². The molecule has 5 heteroatoms. The monoisotopic (exact) mass is 281 g/mol. The van der Waals surface area contributed by atoms with Crippen LogP contribution in [0.25, 0.3) is 0 Å². The second kappa shape index (κ2) is 6.29. The minimum absolute atomic E-state index is 0.513. The quantitative estimate of drug-likeness (QED) is 0.916. The van der Waals surface area contributed by atoms with E-state index >= 15 is 0 Å². The van der Waals surface area contributed by atoms with Gasteiger partial charge in [0, 0.05) is 30.0 Å². The van der Waals surface area contributed by atoms with E-state index in [9.17, 15) is 0 Å². The van der Waals surface area contributed by atoms with E-state index in [0.29, 0.717) is 6.54 Å². The Bertz CT molecular complexity index is 512. The van der Waals surface area contributed by atoms with Crippen LogP contribution in [0.15, 0.2) is 29.6 Å². The molecule has 2 N–H and O–H groups in total. The summed E-state index contributed by atoms with van der Waals surface area (Å²) in [4.78, 5) is 6.64. The molecule has 0 spiro atoms. The van der Waals surface area contributed by atoms with Crippen molar-refractivity contribution in [1.82, 2.24) is 9.88 Å². The Balaban J connectivity index is 1.96. The van der Waals surface area contributed by atoms with Gasteiger partial charge in [-0.2, -0.15) is 0 Å². The van der Waals surface area contributed by atoms with Crippen LogP contribution >= 0.6 is 22.9 Å². The SMILES string of the molecule is CN(Cc1csc(CN)n1)Cc1ccccc1Cl. The highest BCUT2D eigenvalue weighted by Gasteiger charge is 2.07. The second-order valence-corrected chi connectivity index (χ2v) is 5.55. The number of thiazole rings is 1. The topological polar surface area (TPSA) is 42.1 Å². The summed E-state index contributed by atoms with van der Waals surface area (Å²) in [5.74, 6) is 0. The van der Waals surface area contributed by atoms with Gasteiger partial charge in [-0.1, -0.05) is 29.8 Å². The Labute approximate surface area is 116 Å². The average molecular weight is 282 g/mol. The average Bonchev–Trinajstić information content (AvgIpc) is 2.80. The fraction of sp³-hybridized carbons (Fsp3) is 0.308. The van der Waals surface area contributed by atoms with Crippen LogP contribution in [0.2, 0.25) is 5.02 Å². The van der Waals surface area contributed by atoms with Gasteiger partial charge in [0.1, 0.15) is 5.01 Å². The molecule has 0 saturated carbocycles. The molecular formula is C13H16ClN3S. The van der Waals surface area contributed by atoms with E-state index in [1.54, 1.807) is 11.3 Å². The van der Waals surface area contributed by atoms with Gasteiger partial charge in [0.15, 0.2) is 0 Å². The molecule has 18 heavy (non-hydrogen) atoms. The summed E-state index contributed by atoms with van der Waals surface area (Å²) in [6, 6.07) is 7.91. The molecule has 96 valence electrons. The first-order valence-electron chi connectivity index (χ1n) is 5.74. The number of halogens is 1. The van der Waals surface area contributed by atoms with Crippen molar-refractivity contribution in [2.45, 2.75) is 19.6 Å². The van der Waals surface area contributed by atoms with Crippen molar-refractivity contribution in [1.29, 1.82) is 0 Å². The molecule has 0 fully saturated rings. The van der Waals surface area contributed by atoms with Crippen molar-refractivity contribution in [3.05, 3.63) is 50.9 Å². The first-order chi connectivity index (χ1) is 8.69. The maximum Gasteiger partial charge on any atom is 0.106 e. The number of hydrogen-bond donors (Lipinski definition) is 1. The van der Waals surface area contributed by atoms with Crippen LogP contribution in [0.3, 0.4) is 0 Å². The highest BCUT2D eigenvalue weighted by molar-refractivity contribution is 7.09. The molecule has 3 nitrogen and oxygen atoms in total. The van der Waals surface area contributed by atoms with Crippen LogP contribution in [0.4, 0.5) is 0 Å². The molecule has 0 atom stereocenters. The molecule has 1 heterocycles. The van der Waals surface area contributed by atoms with Crippen LogP contribution in [0, 0.1) is 0 Å². The molecule has 2 rings (SSSR count). The first kappa shape index (κ1) is 13.5. The van der Waals surface area contributed by atoms with E-state index in [4.69, 9.17) is 17.3 Å². The lowest BCUT2D eigenvalue weighted by Gasteiger charge is -2.16. The van der Waals surface area contributed by atoms with Crippen LogP contribution < -0.4 is 5.73 Å². The van der Waals surface area contributed by atoms with Gasteiger partial charge in [-0.15, -0.1) is 11.3 Å². The van der Waals surface area contributed by atoms with Gasteiger partial charge >= 0.3 is 0 Å². The van der Waals surface area contributed by atoms with Crippen LogP contribution in [-0.2, 0) is 19.6 Å². The zero-order valence-corrected chi connectivity index (χ0v) is 11.8. The molecular weight excluding hydrogens is 266 g/mol. The summed E-state index contributed by atoms with van der Waals surface area (Å²) in [5.41, 5.74) is 7.75. The lowest BCUT2D eigenvalue weighted by atomic mass is 10.2. The number of nitrogens with two attached hydrogens (primary N) is 1. The summed E-state index contributed by atoms with van der Waals surface area (Å²) >= 11 is 7.75. The highest BCUT2D eigenvalue weighted by atomic mass is 35.5. The molecule has 1 aromatic heterocycles. The molecule has 0 saturated heterocycles. The lowest BCUT2D eigenvalue weighted by Crippen LogP contribution is -2.17. The van der Waals surface area contributed by atoms with E-state index in [1.807, 2.05) is 24.3 Å². The van der Waals surface area contributed by atoms with E-state index < -0.39 is 0 Å². The summed E-state index contributed by atoms with van der Waals surface area (Å²) in [5, 5.41) is 3.85. The Morgan fingerprint density at radius 1 is 1.33 bits per heavy atom. The molecule has 0 radical (unpaired) electrons. The highest BCUT2D eigenvalue weighted by Crippen LogP contribution is 2.18. The van der Waals surface area contributed by atoms with Gasteiger partial charge in [-0.3, -0.25) is 4.90 Å². The summed E-state index contributed by atoms with van der Waals surface area (Å²) in [7, 11) is 2.06. The van der Waals surface area contributed by atoms with Crippen LogP contribution in [0.5, 0.6) is 0 Å². The molecule has 0 unspecified atom stereocenters. The van der Waals surface area contributed by atoms with E-state index in [0.717, 1.165) is 34.4 Å². The third-order valence-electron chi connectivity index (χ3n) is 2.60. The fourth-order valence-electron chi connectivity index (χ4n) is 1.77. The van der Waals surface area contributed by atoms with Crippen LogP contribution in [0.1, 0.15) is 16.3 Å². The van der Waals surface area contributed by atoms with E-state index in [-0.39, 0.29) is 0 Å². The van der Waals surface area contributed by atoms with Gasteiger partial charge in [-0.25, -0.2) is 4.98 Å². The second-order valence-electron chi connectivity index (χ2n) is 4.20. The van der Waals surface area contributed by atoms with Crippen molar-refractivity contribution in [3.8, 4) is 0 Å². The Morgan fingerprint density at radius 2 is 2.11 bits per heavy atom. The van der Waals surface area contributed by atoms with Crippen molar-refractivity contribution < 1.29 is 0 Å². The molecule has 0 amide bonds. The third-order valence-corrected chi connectivity index (χ3v) is 3.89. The Morgan fingerprint density at radius 3 is 2.78 bits per heavy atom. The van der Waals surface area contributed by atoms with E-state index in [1.165, 1.54) is 0 Å². The Hall–Kier alpha value is -0.940. The standard InChI is InChI=1S/C13H16ClN3S/c1-17(7-10-4-2-3-5-12(10)14)8-11-9-18-13(6-15)16-11/h2-5,9H,6-8,15H2,1H3. The molecule has 0 aliphatic heterocycles. The number of benzene rings is 1. The number of rotatable bonds is 5.